The number of ether oxygens (including phenoxy) is 1. The largest absolute Gasteiger partial charge is 0.497 e. The Labute approximate surface area is 108 Å². The van der Waals surface area contributed by atoms with E-state index in [2.05, 4.69) is 29.7 Å². The summed E-state index contributed by atoms with van der Waals surface area (Å²) in [4.78, 5) is 11.1. The fourth-order valence-electron chi connectivity index (χ4n) is 2.22. The van der Waals surface area contributed by atoms with Crippen molar-refractivity contribution in [3.8, 4) is 5.75 Å². The molecule has 1 heterocycles. The number of piperidine rings is 1. The van der Waals surface area contributed by atoms with Gasteiger partial charge >= 0.3 is 0 Å². The zero-order chi connectivity index (χ0) is 13.0. The Balaban J connectivity index is 1.90. The molecule has 2 N–H and O–H groups in total. The summed E-state index contributed by atoms with van der Waals surface area (Å²) < 4.78 is 5.14. The summed E-state index contributed by atoms with van der Waals surface area (Å²) in [5.74, 6) is 1.03. The molecule has 0 radical (unpaired) electrons. The standard InChI is InChI=1S/C14H20N2O2/c1-10(11-3-6-13(18-2)7-4-11)16-12-5-8-14(17)15-9-12/h3-4,6-7,10,12,16H,5,8-9H2,1-2H3,(H,15,17). The molecule has 1 aliphatic rings. The van der Waals surface area contributed by atoms with E-state index in [0.717, 1.165) is 18.7 Å². The minimum Gasteiger partial charge on any atom is -0.497 e. The van der Waals surface area contributed by atoms with Crippen molar-refractivity contribution in [2.24, 2.45) is 0 Å². The van der Waals surface area contributed by atoms with Crippen LogP contribution in [0.4, 0.5) is 0 Å². The topological polar surface area (TPSA) is 50.4 Å². The number of amides is 1. The number of benzene rings is 1. The van der Waals surface area contributed by atoms with Crippen molar-refractivity contribution in [3.63, 3.8) is 0 Å². The maximum atomic E-state index is 11.1. The molecule has 0 aliphatic carbocycles. The van der Waals surface area contributed by atoms with Crippen molar-refractivity contribution >= 4 is 5.91 Å². The fraction of sp³-hybridized carbons (Fsp3) is 0.500. The number of rotatable bonds is 4. The summed E-state index contributed by atoms with van der Waals surface area (Å²) in [6, 6.07) is 8.71. The van der Waals surface area contributed by atoms with Crippen molar-refractivity contribution in [2.75, 3.05) is 13.7 Å². The maximum Gasteiger partial charge on any atom is 0.220 e. The molecule has 18 heavy (non-hydrogen) atoms. The third-order valence-corrected chi connectivity index (χ3v) is 3.37. The SMILES string of the molecule is COc1ccc(C(C)NC2CCC(=O)NC2)cc1. The molecule has 0 bridgehead atoms. The summed E-state index contributed by atoms with van der Waals surface area (Å²) in [7, 11) is 1.67. The molecule has 2 rings (SSSR count). The first kappa shape index (κ1) is 12.9. The van der Waals surface area contributed by atoms with Gasteiger partial charge in [-0.1, -0.05) is 12.1 Å². The molecule has 0 spiro atoms. The second-order valence-corrected chi connectivity index (χ2v) is 4.70. The highest BCUT2D eigenvalue weighted by atomic mass is 16.5. The molecule has 1 fully saturated rings. The van der Waals surface area contributed by atoms with Crippen LogP contribution in [0.3, 0.4) is 0 Å². The number of nitrogens with one attached hydrogen (secondary N) is 2. The number of hydrogen-bond acceptors (Lipinski definition) is 3. The highest BCUT2D eigenvalue weighted by Gasteiger charge is 2.19. The molecule has 0 aromatic heterocycles. The highest BCUT2D eigenvalue weighted by Crippen LogP contribution is 2.18. The monoisotopic (exact) mass is 248 g/mol. The van der Waals surface area contributed by atoms with Crippen LogP contribution in [0.2, 0.25) is 0 Å². The van der Waals surface area contributed by atoms with E-state index in [1.807, 2.05) is 12.1 Å². The molecular formula is C14H20N2O2. The molecular weight excluding hydrogens is 228 g/mol. The predicted octanol–water partition coefficient (Wildman–Crippen LogP) is 1.62. The summed E-state index contributed by atoms with van der Waals surface area (Å²) in [6.07, 6.45) is 1.53. The van der Waals surface area contributed by atoms with Gasteiger partial charge in [-0.2, -0.15) is 0 Å². The van der Waals surface area contributed by atoms with E-state index in [9.17, 15) is 4.79 Å². The minimum atomic E-state index is 0.158. The van der Waals surface area contributed by atoms with Gasteiger partial charge in [0, 0.05) is 25.0 Å². The Kier molecular flexibility index (Phi) is 4.20. The Hall–Kier alpha value is -1.55. The van der Waals surface area contributed by atoms with Crippen molar-refractivity contribution in [3.05, 3.63) is 29.8 Å². The van der Waals surface area contributed by atoms with Crippen molar-refractivity contribution in [1.29, 1.82) is 0 Å². The van der Waals surface area contributed by atoms with Crippen molar-refractivity contribution in [1.82, 2.24) is 10.6 Å². The van der Waals surface area contributed by atoms with E-state index >= 15 is 0 Å². The number of carbonyl (C=O) groups is 1. The zero-order valence-electron chi connectivity index (χ0n) is 10.9. The number of methoxy groups -OCH3 is 1. The van der Waals surface area contributed by atoms with Gasteiger partial charge in [0.25, 0.3) is 0 Å². The molecule has 4 heteroatoms. The van der Waals surface area contributed by atoms with Gasteiger partial charge in [-0.3, -0.25) is 4.79 Å². The Morgan fingerprint density at radius 2 is 2.11 bits per heavy atom. The van der Waals surface area contributed by atoms with E-state index < -0.39 is 0 Å². The summed E-state index contributed by atoms with van der Waals surface area (Å²) in [6.45, 7) is 2.86. The summed E-state index contributed by atoms with van der Waals surface area (Å²) >= 11 is 0. The van der Waals surface area contributed by atoms with Gasteiger partial charge in [0.05, 0.1) is 7.11 Å². The van der Waals surface area contributed by atoms with Gasteiger partial charge in [-0.15, -0.1) is 0 Å². The van der Waals surface area contributed by atoms with Gasteiger partial charge in [0.15, 0.2) is 0 Å². The molecule has 1 aliphatic heterocycles. The molecule has 1 aromatic carbocycles. The van der Waals surface area contributed by atoms with E-state index in [1.54, 1.807) is 7.11 Å². The lowest BCUT2D eigenvalue weighted by atomic mass is 10.0. The van der Waals surface area contributed by atoms with Crippen LogP contribution in [0, 0.1) is 0 Å². The third-order valence-electron chi connectivity index (χ3n) is 3.37. The van der Waals surface area contributed by atoms with Crippen molar-refractivity contribution in [2.45, 2.75) is 31.8 Å². The van der Waals surface area contributed by atoms with Gasteiger partial charge in [-0.25, -0.2) is 0 Å². The lowest BCUT2D eigenvalue weighted by Gasteiger charge is -2.27. The van der Waals surface area contributed by atoms with Crippen LogP contribution < -0.4 is 15.4 Å². The van der Waals surface area contributed by atoms with Crippen LogP contribution in [-0.4, -0.2) is 25.6 Å². The van der Waals surface area contributed by atoms with Crippen molar-refractivity contribution < 1.29 is 9.53 Å². The zero-order valence-corrected chi connectivity index (χ0v) is 10.9. The van der Waals surface area contributed by atoms with E-state index in [1.165, 1.54) is 5.56 Å². The lowest BCUT2D eigenvalue weighted by molar-refractivity contribution is -0.122. The second kappa shape index (κ2) is 5.87. The van der Waals surface area contributed by atoms with E-state index in [-0.39, 0.29) is 11.9 Å². The van der Waals surface area contributed by atoms with E-state index in [4.69, 9.17) is 4.74 Å². The van der Waals surface area contributed by atoms with Crippen LogP contribution in [0.15, 0.2) is 24.3 Å². The maximum absolute atomic E-state index is 11.1. The van der Waals surface area contributed by atoms with Crippen LogP contribution in [0.5, 0.6) is 5.75 Å². The normalized spacial score (nSPS) is 21.2. The average Bonchev–Trinajstić information content (AvgIpc) is 2.41. The molecule has 2 unspecified atom stereocenters. The minimum absolute atomic E-state index is 0.158. The lowest BCUT2D eigenvalue weighted by Crippen LogP contribution is -2.46. The first-order chi connectivity index (χ1) is 8.69. The third kappa shape index (κ3) is 3.23. The second-order valence-electron chi connectivity index (χ2n) is 4.70. The Morgan fingerprint density at radius 3 is 2.67 bits per heavy atom. The Morgan fingerprint density at radius 1 is 1.39 bits per heavy atom. The quantitative estimate of drug-likeness (QED) is 0.851. The van der Waals surface area contributed by atoms with Gasteiger partial charge in [0.2, 0.25) is 5.91 Å². The number of carbonyl (C=O) groups excluding carboxylic acids is 1. The molecule has 98 valence electrons. The van der Waals surface area contributed by atoms with Gasteiger partial charge in [-0.05, 0) is 31.0 Å². The van der Waals surface area contributed by atoms with Gasteiger partial charge in [0.1, 0.15) is 5.75 Å². The van der Waals surface area contributed by atoms with Gasteiger partial charge < -0.3 is 15.4 Å². The van der Waals surface area contributed by atoms with Crippen LogP contribution in [0.1, 0.15) is 31.4 Å². The summed E-state index contributed by atoms with van der Waals surface area (Å²) in [5.41, 5.74) is 1.23. The molecule has 2 atom stereocenters. The smallest absolute Gasteiger partial charge is 0.220 e. The molecule has 1 aromatic rings. The average molecular weight is 248 g/mol. The highest BCUT2D eigenvalue weighted by molar-refractivity contribution is 5.76. The first-order valence-electron chi connectivity index (χ1n) is 6.35. The van der Waals surface area contributed by atoms with Crippen LogP contribution in [-0.2, 0) is 4.79 Å². The fourth-order valence-corrected chi connectivity index (χ4v) is 2.22. The molecule has 1 amide bonds. The van der Waals surface area contributed by atoms with Crippen LogP contribution >= 0.6 is 0 Å². The molecule has 0 saturated carbocycles. The number of hydrogen-bond donors (Lipinski definition) is 2. The van der Waals surface area contributed by atoms with Crippen LogP contribution in [0.25, 0.3) is 0 Å². The summed E-state index contributed by atoms with van der Waals surface area (Å²) in [5, 5.41) is 6.42. The Bertz CT molecular complexity index is 393. The molecule has 1 saturated heterocycles. The molecule has 4 nitrogen and oxygen atoms in total. The van der Waals surface area contributed by atoms with E-state index in [0.29, 0.717) is 12.5 Å². The first-order valence-corrected chi connectivity index (χ1v) is 6.35. The predicted molar refractivity (Wildman–Crippen MR) is 70.6 cm³/mol.